The number of carbonyl (C=O) groups is 1. The molecule has 1 fully saturated rings. The highest BCUT2D eigenvalue weighted by molar-refractivity contribution is 7.88. The lowest BCUT2D eigenvalue weighted by atomic mass is 10.0. The summed E-state index contributed by atoms with van der Waals surface area (Å²) in [6.45, 7) is 0.877. The zero-order valence-electron chi connectivity index (χ0n) is 13.6. The molecule has 7 heteroatoms. The van der Waals surface area contributed by atoms with Gasteiger partial charge in [0.2, 0.25) is 10.0 Å². The van der Waals surface area contributed by atoms with Crippen LogP contribution in [0, 0.1) is 0 Å². The van der Waals surface area contributed by atoms with Gasteiger partial charge in [-0.2, -0.15) is 0 Å². The topological polar surface area (TPSA) is 79.4 Å². The Hall–Kier alpha value is -1.99. The second-order valence-corrected chi connectivity index (χ2v) is 7.99. The maximum Gasteiger partial charge on any atom is 0.272 e. The molecule has 24 heavy (non-hydrogen) atoms. The molecule has 128 valence electrons. The molecule has 1 aliphatic rings. The van der Waals surface area contributed by atoms with Gasteiger partial charge in [0.25, 0.3) is 5.91 Å². The summed E-state index contributed by atoms with van der Waals surface area (Å²) in [6.07, 6.45) is 3.84. The molecule has 1 aromatic carbocycles. The van der Waals surface area contributed by atoms with Crippen molar-refractivity contribution in [1.29, 1.82) is 0 Å². The summed E-state index contributed by atoms with van der Waals surface area (Å²) in [6, 6.07) is 11.2. The van der Waals surface area contributed by atoms with E-state index < -0.39 is 10.0 Å². The lowest BCUT2D eigenvalue weighted by molar-refractivity contribution is 0.0613. The number of sulfonamides is 1. The molecule has 0 aliphatic carbocycles. The molecule has 2 heterocycles. The van der Waals surface area contributed by atoms with Gasteiger partial charge < -0.3 is 4.90 Å². The van der Waals surface area contributed by atoms with Crippen LogP contribution in [0.25, 0.3) is 10.9 Å². The van der Waals surface area contributed by atoms with E-state index in [1.165, 1.54) is 0 Å². The summed E-state index contributed by atoms with van der Waals surface area (Å²) >= 11 is 0. The van der Waals surface area contributed by atoms with Crippen LogP contribution in [0.4, 0.5) is 0 Å². The molecule has 1 N–H and O–H groups in total. The van der Waals surface area contributed by atoms with E-state index in [0.29, 0.717) is 12.2 Å². The molecule has 1 aromatic heterocycles. The molecule has 6 nitrogen and oxygen atoms in total. The van der Waals surface area contributed by atoms with Gasteiger partial charge in [-0.05, 0) is 31.4 Å². The summed E-state index contributed by atoms with van der Waals surface area (Å²) in [5, 5.41) is 0.989. The van der Waals surface area contributed by atoms with E-state index in [9.17, 15) is 13.2 Å². The number of nitrogens with zero attached hydrogens (tertiary/aromatic N) is 2. The van der Waals surface area contributed by atoms with Crippen molar-refractivity contribution in [3.05, 3.63) is 42.1 Å². The van der Waals surface area contributed by atoms with E-state index >= 15 is 0 Å². The van der Waals surface area contributed by atoms with Crippen LogP contribution in [-0.4, -0.2) is 49.6 Å². The number of benzene rings is 1. The Morgan fingerprint density at radius 3 is 2.83 bits per heavy atom. The predicted octanol–water partition coefficient (Wildman–Crippen LogP) is 1.78. The van der Waals surface area contributed by atoms with Gasteiger partial charge in [0.05, 0.1) is 11.8 Å². The van der Waals surface area contributed by atoms with Gasteiger partial charge in [-0.15, -0.1) is 0 Å². The molecule has 0 saturated carbocycles. The lowest BCUT2D eigenvalue weighted by Crippen LogP contribution is -2.49. The summed E-state index contributed by atoms with van der Waals surface area (Å²) < 4.78 is 25.2. The Bertz CT molecular complexity index is 851. The maximum atomic E-state index is 12.9. The number of para-hydroxylation sites is 1. The van der Waals surface area contributed by atoms with E-state index in [1.807, 2.05) is 30.3 Å². The van der Waals surface area contributed by atoms with Gasteiger partial charge >= 0.3 is 0 Å². The maximum absolute atomic E-state index is 12.9. The predicted molar refractivity (Wildman–Crippen MR) is 93.3 cm³/mol. The van der Waals surface area contributed by atoms with Crippen LogP contribution < -0.4 is 4.72 Å². The number of hydrogen-bond donors (Lipinski definition) is 1. The standard InChI is InChI=1S/C17H21N3O3S/c1-24(22,23)18-12-14-7-4-5-11-20(14)17(21)16-10-9-13-6-2-3-8-15(13)19-16/h2-3,6,8-10,14,18H,4-5,7,11-12H2,1H3. The number of nitrogens with one attached hydrogen (secondary N) is 1. The number of piperidine rings is 1. The molecular formula is C17H21N3O3S. The third-order valence-electron chi connectivity index (χ3n) is 4.29. The highest BCUT2D eigenvalue weighted by atomic mass is 32.2. The number of pyridine rings is 1. The van der Waals surface area contributed by atoms with Crippen molar-refractivity contribution in [3.8, 4) is 0 Å². The number of rotatable bonds is 4. The molecule has 1 saturated heterocycles. The zero-order chi connectivity index (χ0) is 17.2. The largest absolute Gasteiger partial charge is 0.333 e. The summed E-state index contributed by atoms with van der Waals surface area (Å²) in [5.74, 6) is -0.138. The lowest BCUT2D eigenvalue weighted by Gasteiger charge is -2.35. The monoisotopic (exact) mass is 347 g/mol. The molecule has 1 unspecified atom stereocenters. The fourth-order valence-electron chi connectivity index (χ4n) is 3.06. The summed E-state index contributed by atoms with van der Waals surface area (Å²) in [5.41, 5.74) is 1.19. The minimum Gasteiger partial charge on any atom is -0.333 e. The van der Waals surface area contributed by atoms with Crippen molar-refractivity contribution < 1.29 is 13.2 Å². The normalized spacial score (nSPS) is 18.7. The van der Waals surface area contributed by atoms with Crippen LogP contribution in [0.1, 0.15) is 29.8 Å². The van der Waals surface area contributed by atoms with E-state index in [0.717, 1.165) is 36.4 Å². The third-order valence-corrected chi connectivity index (χ3v) is 4.98. The average molecular weight is 347 g/mol. The zero-order valence-corrected chi connectivity index (χ0v) is 14.4. The van der Waals surface area contributed by atoms with Gasteiger partial charge in [0, 0.05) is 24.5 Å². The molecule has 0 spiro atoms. The van der Waals surface area contributed by atoms with Crippen molar-refractivity contribution in [2.75, 3.05) is 19.3 Å². The Morgan fingerprint density at radius 1 is 1.25 bits per heavy atom. The SMILES string of the molecule is CS(=O)(=O)NCC1CCCCN1C(=O)c1ccc2ccccc2n1. The first-order valence-corrected chi connectivity index (χ1v) is 9.94. The smallest absolute Gasteiger partial charge is 0.272 e. The number of aromatic nitrogens is 1. The highest BCUT2D eigenvalue weighted by Gasteiger charge is 2.28. The van der Waals surface area contributed by atoms with Crippen molar-refractivity contribution in [1.82, 2.24) is 14.6 Å². The molecule has 2 aromatic rings. The van der Waals surface area contributed by atoms with Crippen molar-refractivity contribution in [2.45, 2.75) is 25.3 Å². The third kappa shape index (κ3) is 3.91. The fourth-order valence-corrected chi connectivity index (χ4v) is 3.56. The summed E-state index contributed by atoms with van der Waals surface area (Å²) in [7, 11) is -3.27. The second-order valence-electron chi connectivity index (χ2n) is 6.16. The van der Waals surface area contributed by atoms with Crippen LogP contribution in [-0.2, 0) is 10.0 Å². The number of amides is 1. The Labute approximate surface area is 141 Å². The van der Waals surface area contributed by atoms with Crippen LogP contribution in [0.2, 0.25) is 0 Å². The van der Waals surface area contributed by atoms with E-state index in [2.05, 4.69) is 9.71 Å². The van der Waals surface area contributed by atoms with Crippen molar-refractivity contribution >= 4 is 26.8 Å². The van der Waals surface area contributed by atoms with Gasteiger partial charge in [-0.25, -0.2) is 18.1 Å². The molecule has 1 amide bonds. The fraction of sp³-hybridized carbons (Fsp3) is 0.412. The van der Waals surface area contributed by atoms with Crippen LogP contribution in [0.3, 0.4) is 0 Å². The van der Waals surface area contributed by atoms with Gasteiger partial charge in [0.1, 0.15) is 5.69 Å². The van der Waals surface area contributed by atoms with Crippen LogP contribution in [0.15, 0.2) is 36.4 Å². The Morgan fingerprint density at radius 2 is 2.04 bits per heavy atom. The van der Waals surface area contributed by atoms with Crippen molar-refractivity contribution in [3.63, 3.8) is 0 Å². The molecule has 1 atom stereocenters. The number of carbonyl (C=O) groups excluding carboxylic acids is 1. The van der Waals surface area contributed by atoms with Gasteiger partial charge in [-0.3, -0.25) is 4.79 Å². The van der Waals surface area contributed by atoms with E-state index in [-0.39, 0.29) is 18.5 Å². The molecule has 0 bridgehead atoms. The first-order valence-electron chi connectivity index (χ1n) is 8.05. The van der Waals surface area contributed by atoms with Crippen LogP contribution in [0.5, 0.6) is 0 Å². The first kappa shape index (κ1) is 16.9. The van der Waals surface area contributed by atoms with E-state index in [1.54, 1.807) is 11.0 Å². The highest BCUT2D eigenvalue weighted by Crippen LogP contribution is 2.20. The minimum absolute atomic E-state index is 0.130. The van der Waals surface area contributed by atoms with Crippen LogP contribution >= 0.6 is 0 Å². The van der Waals surface area contributed by atoms with Gasteiger partial charge in [0.15, 0.2) is 0 Å². The first-order chi connectivity index (χ1) is 11.4. The minimum atomic E-state index is -3.27. The number of fused-ring (bicyclic) bond motifs is 1. The molecular weight excluding hydrogens is 326 g/mol. The summed E-state index contributed by atoms with van der Waals surface area (Å²) in [4.78, 5) is 19.1. The Balaban J connectivity index is 1.82. The van der Waals surface area contributed by atoms with E-state index in [4.69, 9.17) is 0 Å². The number of likely N-dealkylation sites (tertiary alicyclic amines) is 1. The molecule has 1 aliphatic heterocycles. The molecule has 3 rings (SSSR count). The average Bonchev–Trinajstić information content (AvgIpc) is 2.58. The quantitative estimate of drug-likeness (QED) is 0.914. The Kier molecular flexibility index (Phi) is 4.82. The van der Waals surface area contributed by atoms with Crippen molar-refractivity contribution in [2.24, 2.45) is 0 Å². The van der Waals surface area contributed by atoms with Gasteiger partial charge in [-0.1, -0.05) is 24.3 Å². The second kappa shape index (κ2) is 6.86. The molecule has 0 radical (unpaired) electrons. The number of hydrogen-bond acceptors (Lipinski definition) is 4.